The first-order chi connectivity index (χ1) is 6.30. The van der Waals surface area contributed by atoms with Crippen LogP contribution >= 0.6 is 0 Å². The maximum Gasteiger partial charge on any atom is 0.0710 e. The standard InChI is InChI=1S/C11H21N3/c1-8(12)6-9-7-14(5)13-10(9)11(2,3)4/h7-8H,6,12H2,1-5H3. The summed E-state index contributed by atoms with van der Waals surface area (Å²) in [6, 6.07) is 0.195. The molecule has 1 aromatic heterocycles. The van der Waals surface area contributed by atoms with E-state index < -0.39 is 0 Å². The maximum atomic E-state index is 5.81. The summed E-state index contributed by atoms with van der Waals surface area (Å²) in [6.45, 7) is 8.57. The Kier molecular flexibility index (Phi) is 3.00. The van der Waals surface area contributed by atoms with Gasteiger partial charge in [-0.25, -0.2) is 0 Å². The third-order valence-electron chi connectivity index (χ3n) is 2.16. The minimum Gasteiger partial charge on any atom is -0.328 e. The lowest BCUT2D eigenvalue weighted by Gasteiger charge is -2.18. The molecule has 0 fully saturated rings. The van der Waals surface area contributed by atoms with Crippen LogP contribution in [0.5, 0.6) is 0 Å². The molecule has 1 heterocycles. The molecular weight excluding hydrogens is 174 g/mol. The van der Waals surface area contributed by atoms with Crippen LogP contribution in [0.4, 0.5) is 0 Å². The van der Waals surface area contributed by atoms with Gasteiger partial charge in [0, 0.05) is 24.7 Å². The molecule has 3 heteroatoms. The summed E-state index contributed by atoms with van der Waals surface area (Å²) in [4.78, 5) is 0. The quantitative estimate of drug-likeness (QED) is 0.779. The normalized spacial score (nSPS) is 14.4. The summed E-state index contributed by atoms with van der Waals surface area (Å²) >= 11 is 0. The molecule has 1 atom stereocenters. The molecule has 0 amide bonds. The minimum atomic E-state index is 0.103. The van der Waals surface area contributed by atoms with Gasteiger partial charge in [0.2, 0.25) is 0 Å². The van der Waals surface area contributed by atoms with Gasteiger partial charge in [0.05, 0.1) is 5.69 Å². The van der Waals surface area contributed by atoms with E-state index in [1.165, 1.54) is 5.56 Å². The molecule has 0 bridgehead atoms. The third kappa shape index (κ3) is 2.58. The van der Waals surface area contributed by atoms with Crippen LogP contribution in [0.1, 0.15) is 39.0 Å². The Bertz CT molecular complexity index is 305. The van der Waals surface area contributed by atoms with Gasteiger partial charge < -0.3 is 5.73 Å². The van der Waals surface area contributed by atoms with E-state index in [1.54, 1.807) is 0 Å². The van der Waals surface area contributed by atoms with Crippen LogP contribution < -0.4 is 5.73 Å². The van der Waals surface area contributed by atoms with Crippen LogP contribution in [-0.4, -0.2) is 15.8 Å². The van der Waals surface area contributed by atoms with E-state index in [1.807, 2.05) is 18.7 Å². The smallest absolute Gasteiger partial charge is 0.0710 e. The fraction of sp³-hybridized carbons (Fsp3) is 0.727. The first-order valence-electron chi connectivity index (χ1n) is 5.09. The number of nitrogens with two attached hydrogens (primary N) is 1. The van der Waals surface area contributed by atoms with Crippen molar-refractivity contribution in [1.29, 1.82) is 0 Å². The van der Waals surface area contributed by atoms with Crippen LogP contribution in [0.15, 0.2) is 6.20 Å². The van der Waals surface area contributed by atoms with Gasteiger partial charge in [0.15, 0.2) is 0 Å². The van der Waals surface area contributed by atoms with E-state index in [0.29, 0.717) is 0 Å². The highest BCUT2D eigenvalue weighted by atomic mass is 15.3. The molecule has 0 aliphatic heterocycles. The van der Waals surface area contributed by atoms with Crippen molar-refractivity contribution < 1.29 is 0 Å². The largest absolute Gasteiger partial charge is 0.328 e. The van der Waals surface area contributed by atoms with Gasteiger partial charge in [0.1, 0.15) is 0 Å². The Labute approximate surface area is 86.3 Å². The number of hydrogen-bond donors (Lipinski definition) is 1. The second kappa shape index (κ2) is 3.73. The Morgan fingerprint density at radius 2 is 2.07 bits per heavy atom. The van der Waals surface area contributed by atoms with Gasteiger partial charge in [0.25, 0.3) is 0 Å². The fourth-order valence-corrected chi connectivity index (χ4v) is 1.67. The molecule has 2 N–H and O–H groups in total. The average molecular weight is 195 g/mol. The van der Waals surface area contributed by atoms with Crippen molar-refractivity contribution in [1.82, 2.24) is 9.78 Å². The number of hydrogen-bond acceptors (Lipinski definition) is 2. The fourth-order valence-electron chi connectivity index (χ4n) is 1.67. The van der Waals surface area contributed by atoms with Crippen LogP contribution in [0.3, 0.4) is 0 Å². The maximum absolute atomic E-state index is 5.81. The molecule has 0 saturated carbocycles. The van der Waals surface area contributed by atoms with Crippen molar-refractivity contribution in [2.75, 3.05) is 0 Å². The molecule has 14 heavy (non-hydrogen) atoms. The summed E-state index contributed by atoms with van der Waals surface area (Å²) in [5.41, 5.74) is 8.35. The van der Waals surface area contributed by atoms with Gasteiger partial charge in [-0.3, -0.25) is 4.68 Å². The molecule has 1 aromatic rings. The predicted molar refractivity (Wildman–Crippen MR) is 59.3 cm³/mol. The van der Waals surface area contributed by atoms with Crippen molar-refractivity contribution in [3.63, 3.8) is 0 Å². The molecule has 0 aliphatic carbocycles. The van der Waals surface area contributed by atoms with Gasteiger partial charge in [-0.2, -0.15) is 5.10 Å². The number of aryl methyl sites for hydroxylation is 1. The first-order valence-corrected chi connectivity index (χ1v) is 5.09. The van der Waals surface area contributed by atoms with E-state index in [0.717, 1.165) is 12.1 Å². The molecule has 0 aromatic carbocycles. The second-order valence-corrected chi connectivity index (χ2v) is 5.11. The van der Waals surface area contributed by atoms with Crippen molar-refractivity contribution in [3.05, 3.63) is 17.5 Å². The minimum absolute atomic E-state index is 0.103. The van der Waals surface area contributed by atoms with Crippen molar-refractivity contribution in [2.45, 2.75) is 45.6 Å². The zero-order valence-electron chi connectivity index (χ0n) is 9.83. The predicted octanol–water partition coefficient (Wildman–Crippen LogP) is 1.61. The number of nitrogens with zero attached hydrogens (tertiary/aromatic N) is 2. The van der Waals surface area contributed by atoms with E-state index in [4.69, 9.17) is 5.73 Å². The molecule has 3 nitrogen and oxygen atoms in total. The highest BCUT2D eigenvalue weighted by molar-refractivity contribution is 5.24. The Balaban J connectivity index is 3.03. The van der Waals surface area contributed by atoms with Crippen LogP contribution in [-0.2, 0) is 18.9 Å². The Morgan fingerprint density at radius 3 is 2.50 bits per heavy atom. The molecule has 80 valence electrons. The molecular formula is C11H21N3. The Hall–Kier alpha value is -0.830. The van der Waals surface area contributed by atoms with E-state index in [9.17, 15) is 0 Å². The number of rotatable bonds is 2. The highest BCUT2D eigenvalue weighted by Gasteiger charge is 2.21. The summed E-state index contributed by atoms with van der Waals surface area (Å²) in [7, 11) is 1.96. The molecule has 0 saturated heterocycles. The molecule has 1 rings (SSSR count). The first kappa shape index (κ1) is 11.2. The zero-order chi connectivity index (χ0) is 10.9. The lowest BCUT2D eigenvalue weighted by Crippen LogP contribution is -2.21. The van der Waals surface area contributed by atoms with Gasteiger partial charge in [-0.1, -0.05) is 20.8 Å². The lowest BCUT2D eigenvalue weighted by atomic mass is 9.88. The topological polar surface area (TPSA) is 43.8 Å². The molecule has 0 radical (unpaired) electrons. The summed E-state index contributed by atoms with van der Waals surface area (Å²) in [5, 5.41) is 4.50. The SMILES string of the molecule is CC(N)Cc1cn(C)nc1C(C)(C)C. The summed E-state index contributed by atoms with van der Waals surface area (Å²) in [6.07, 6.45) is 2.98. The molecule has 0 aliphatic rings. The van der Waals surface area contributed by atoms with E-state index >= 15 is 0 Å². The van der Waals surface area contributed by atoms with Gasteiger partial charge in [-0.15, -0.1) is 0 Å². The van der Waals surface area contributed by atoms with Crippen LogP contribution in [0, 0.1) is 0 Å². The van der Waals surface area contributed by atoms with Crippen molar-refractivity contribution in [3.8, 4) is 0 Å². The van der Waals surface area contributed by atoms with Crippen LogP contribution in [0.2, 0.25) is 0 Å². The highest BCUT2D eigenvalue weighted by Crippen LogP contribution is 2.24. The van der Waals surface area contributed by atoms with E-state index in [2.05, 4.69) is 32.1 Å². The van der Waals surface area contributed by atoms with E-state index in [-0.39, 0.29) is 11.5 Å². The van der Waals surface area contributed by atoms with Crippen molar-refractivity contribution >= 4 is 0 Å². The summed E-state index contributed by atoms with van der Waals surface area (Å²) in [5.74, 6) is 0. The number of aromatic nitrogens is 2. The second-order valence-electron chi connectivity index (χ2n) is 5.11. The van der Waals surface area contributed by atoms with Gasteiger partial charge >= 0.3 is 0 Å². The molecule has 0 spiro atoms. The van der Waals surface area contributed by atoms with Crippen LogP contribution in [0.25, 0.3) is 0 Å². The average Bonchev–Trinajstić information content (AvgIpc) is 2.28. The third-order valence-corrected chi connectivity index (χ3v) is 2.16. The van der Waals surface area contributed by atoms with Crippen molar-refractivity contribution in [2.24, 2.45) is 12.8 Å². The zero-order valence-corrected chi connectivity index (χ0v) is 9.83. The van der Waals surface area contributed by atoms with Gasteiger partial charge in [-0.05, 0) is 18.9 Å². The monoisotopic (exact) mass is 195 g/mol. The summed E-state index contributed by atoms with van der Waals surface area (Å²) < 4.78 is 1.87. The lowest BCUT2D eigenvalue weighted by molar-refractivity contribution is 0.545. The molecule has 1 unspecified atom stereocenters. The Morgan fingerprint density at radius 1 is 1.50 bits per heavy atom.